The molecule has 0 spiro atoms. The molecule has 2 N–H and O–H groups in total. The Hall–Kier alpha value is -2.62. The third kappa shape index (κ3) is 6.55. The number of rotatable bonds is 9. The van der Waals surface area contributed by atoms with E-state index in [1.807, 2.05) is 45.0 Å². The van der Waals surface area contributed by atoms with E-state index in [-0.39, 0.29) is 23.8 Å². The van der Waals surface area contributed by atoms with Gasteiger partial charge in [-0.3, -0.25) is 9.59 Å². The van der Waals surface area contributed by atoms with Gasteiger partial charge in [0.2, 0.25) is 5.91 Å². The van der Waals surface area contributed by atoms with Crippen LogP contribution in [-0.2, 0) is 11.2 Å². The monoisotopic (exact) mass is 366 g/mol. The molecule has 1 atom stereocenters. The van der Waals surface area contributed by atoms with Gasteiger partial charge in [-0.2, -0.15) is 0 Å². The van der Waals surface area contributed by atoms with Crippen molar-refractivity contribution in [3.63, 3.8) is 0 Å². The molecule has 2 amide bonds. The van der Waals surface area contributed by atoms with Crippen LogP contribution in [0.15, 0.2) is 54.6 Å². The van der Waals surface area contributed by atoms with Crippen LogP contribution in [-0.4, -0.2) is 17.9 Å². The molecule has 0 fully saturated rings. The SMILES string of the molecule is CCC(CC)C(=O)Nc1cccc(C(=O)N[C@@H](C)CCc2ccccc2)c1. The maximum atomic E-state index is 12.5. The van der Waals surface area contributed by atoms with Crippen molar-refractivity contribution in [1.29, 1.82) is 0 Å². The highest BCUT2D eigenvalue weighted by atomic mass is 16.2. The summed E-state index contributed by atoms with van der Waals surface area (Å²) in [6.45, 7) is 6.03. The number of nitrogens with one attached hydrogen (secondary N) is 2. The van der Waals surface area contributed by atoms with Crippen molar-refractivity contribution in [3.05, 3.63) is 65.7 Å². The summed E-state index contributed by atoms with van der Waals surface area (Å²) in [6, 6.07) is 17.4. The number of aryl methyl sites for hydroxylation is 1. The van der Waals surface area contributed by atoms with Gasteiger partial charge >= 0.3 is 0 Å². The van der Waals surface area contributed by atoms with Crippen molar-refractivity contribution >= 4 is 17.5 Å². The summed E-state index contributed by atoms with van der Waals surface area (Å²) in [4.78, 5) is 24.8. The number of anilines is 1. The molecule has 2 aromatic carbocycles. The maximum Gasteiger partial charge on any atom is 0.251 e. The number of hydrogen-bond acceptors (Lipinski definition) is 2. The van der Waals surface area contributed by atoms with Gasteiger partial charge in [-0.05, 0) is 56.4 Å². The second-order valence-electron chi connectivity index (χ2n) is 6.98. The Balaban J connectivity index is 1.91. The number of amides is 2. The molecule has 0 aliphatic rings. The van der Waals surface area contributed by atoms with Gasteiger partial charge in [0, 0.05) is 23.2 Å². The van der Waals surface area contributed by atoms with Crippen LogP contribution in [0.1, 0.15) is 56.0 Å². The molecule has 0 aliphatic carbocycles. The molecular formula is C23H30N2O2. The second-order valence-corrected chi connectivity index (χ2v) is 6.98. The quantitative estimate of drug-likeness (QED) is 0.669. The molecule has 0 unspecified atom stereocenters. The van der Waals surface area contributed by atoms with Gasteiger partial charge in [0.25, 0.3) is 5.91 Å². The van der Waals surface area contributed by atoms with E-state index in [9.17, 15) is 9.59 Å². The van der Waals surface area contributed by atoms with Crippen LogP contribution in [0.25, 0.3) is 0 Å². The van der Waals surface area contributed by atoms with E-state index in [4.69, 9.17) is 0 Å². The number of hydrogen-bond donors (Lipinski definition) is 2. The van der Waals surface area contributed by atoms with E-state index in [0.717, 1.165) is 25.7 Å². The highest BCUT2D eigenvalue weighted by Crippen LogP contribution is 2.15. The summed E-state index contributed by atoms with van der Waals surface area (Å²) in [5.41, 5.74) is 2.49. The van der Waals surface area contributed by atoms with Crippen molar-refractivity contribution < 1.29 is 9.59 Å². The maximum absolute atomic E-state index is 12.5. The average Bonchev–Trinajstić information content (AvgIpc) is 2.68. The van der Waals surface area contributed by atoms with Gasteiger partial charge in [-0.25, -0.2) is 0 Å². The molecule has 2 aromatic rings. The molecule has 0 aromatic heterocycles. The van der Waals surface area contributed by atoms with Crippen LogP contribution in [0, 0.1) is 5.92 Å². The average molecular weight is 367 g/mol. The summed E-state index contributed by atoms with van der Waals surface area (Å²) in [7, 11) is 0. The van der Waals surface area contributed by atoms with Crippen LogP contribution in [0.3, 0.4) is 0 Å². The van der Waals surface area contributed by atoms with Crippen molar-refractivity contribution in [2.24, 2.45) is 5.92 Å². The molecule has 2 rings (SSSR count). The first kappa shape index (κ1) is 20.7. The Labute approximate surface area is 162 Å². The third-order valence-electron chi connectivity index (χ3n) is 4.84. The van der Waals surface area contributed by atoms with Crippen LogP contribution < -0.4 is 10.6 Å². The normalized spacial score (nSPS) is 11.9. The third-order valence-corrected chi connectivity index (χ3v) is 4.84. The molecule has 0 saturated carbocycles. The first-order valence-electron chi connectivity index (χ1n) is 9.79. The Bertz CT molecular complexity index is 739. The summed E-state index contributed by atoms with van der Waals surface area (Å²) in [6.07, 6.45) is 3.41. The summed E-state index contributed by atoms with van der Waals surface area (Å²) < 4.78 is 0. The topological polar surface area (TPSA) is 58.2 Å². The molecule has 0 aliphatic heterocycles. The van der Waals surface area contributed by atoms with Crippen LogP contribution in [0.5, 0.6) is 0 Å². The highest BCUT2D eigenvalue weighted by molar-refractivity contribution is 5.97. The standard InChI is InChI=1S/C23H30N2O2/c1-4-19(5-2)22(26)25-21-13-9-12-20(16-21)23(27)24-17(3)14-15-18-10-7-6-8-11-18/h6-13,16-17,19H,4-5,14-15H2,1-3H3,(H,24,27)(H,25,26)/t17-/m0/s1. The van der Waals surface area contributed by atoms with Crippen LogP contribution in [0.4, 0.5) is 5.69 Å². The zero-order valence-electron chi connectivity index (χ0n) is 16.5. The molecule has 0 bridgehead atoms. The van der Waals surface area contributed by atoms with E-state index in [0.29, 0.717) is 11.3 Å². The zero-order chi connectivity index (χ0) is 19.6. The lowest BCUT2D eigenvalue weighted by Gasteiger charge is -2.15. The van der Waals surface area contributed by atoms with Gasteiger partial charge < -0.3 is 10.6 Å². The summed E-state index contributed by atoms with van der Waals surface area (Å²) >= 11 is 0. The molecule has 144 valence electrons. The van der Waals surface area contributed by atoms with E-state index in [1.165, 1.54) is 5.56 Å². The van der Waals surface area contributed by atoms with Crippen LogP contribution in [0.2, 0.25) is 0 Å². The van der Waals surface area contributed by atoms with Gasteiger partial charge in [-0.15, -0.1) is 0 Å². The number of carbonyl (C=O) groups is 2. The smallest absolute Gasteiger partial charge is 0.251 e. The second kappa shape index (κ2) is 10.5. The molecule has 0 saturated heterocycles. The molecule has 4 heteroatoms. The number of benzene rings is 2. The summed E-state index contributed by atoms with van der Waals surface area (Å²) in [5.74, 6) is -0.108. The van der Waals surface area contributed by atoms with Gasteiger partial charge in [0.1, 0.15) is 0 Å². The fourth-order valence-electron chi connectivity index (χ4n) is 3.05. The molecule has 4 nitrogen and oxygen atoms in total. The highest BCUT2D eigenvalue weighted by Gasteiger charge is 2.15. The first-order valence-corrected chi connectivity index (χ1v) is 9.79. The zero-order valence-corrected chi connectivity index (χ0v) is 16.5. The Morgan fingerprint density at radius 1 is 0.963 bits per heavy atom. The minimum atomic E-state index is -0.116. The Morgan fingerprint density at radius 3 is 2.33 bits per heavy atom. The summed E-state index contributed by atoms with van der Waals surface area (Å²) in [5, 5.41) is 5.96. The van der Waals surface area contributed by atoms with Gasteiger partial charge in [0.15, 0.2) is 0 Å². The minimum Gasteiger partial charge on any atom is -0.350 e. The lowest BCUT2D eigenvalue weighted by Crippen LogP contribution is -2.33. The largest absolute Gasteiger partial charge is 0.350 e. The van der Waals surface area contributed by atoms with Crippen LogP contribution >= 0.6 is 0 Å². The number of carbonyl (C=O) groups excluding carboxylic acids is 2. The van der Waals surface area contributed by atoms with E-state index < -0.39 is 0 Å². The predicted molar refractivity (Wildman–Crippen MR) is 111 cm³/mol. The van der Waals surface area contributed by atoms with Crippen molar-refractivity contribution in [1.82, 2.24) is 5.32 Å². The Kier molecular flexibility index (Phi) is 8.05. The van der Waals surface area contributed by atoms with E-state index >= 15 is 0 Å². The lowest BCUT2D eigenvalue weighted by molar-refractivity contribution is -0.120. The fraction of sp³-hybridized carbons (Fsp3) is 0.391. The molecule has 0 heterocycles. The molecule has 0 radical (unpaired) electrons. The lowest BCUT2D eigenvalue weighted by atomic mass is 10.0. The Morgan fingerprint density at radius 2 is 1.67 bits per heavy atom. The van der Waals surface area contributed by atoms with Crippen molar-refractivity contribution in [2.75, 3.05) is 5.32 Å². The van der Waals surface area contributed by atoms with E-state index in [1.54, 1.807) is 18.2 Å². The first-order chi connectivity index (χ1) is 13.0. The van der Waals surface area contributed by atoms with E-state index in [2.05, 4.69) is 22.8 Å². The van der Waals surface area contributed by atoms with Crippen molar-refractivity contribution in [3.8, 4) is 0 Å². The predicted octanol–water partition coefficient (Wildman–Crippen LogP) is 4.81. The fourth-order valence-corrected chi connectivity index (χ4v) is 3.05. The van der Waals surface area contributed by atoms with Crippen molar-refractivity contribution in [2.45, 2.75) is 52.5 Å². The minimum absolute atomic E-state index is 0.000455. The molecule has 27 heavy (non-hydrogen) atoms. The molecular weight excluding hydrogens is 336 g/mol. The van der Waals surface area contributed by atoms with Gasteiger partial charge in [0.05, 0.1) is 0 Å². The van der Waals surface area contributed by atoms with Gasteiger partial charge in [-0.1, -0.05) is 50.2 Å².